The Labute approximate surface area is 83.8 Å². The molecule has 0 aromatic carbocycles. The van der Waals surface area contributed by atoms with E-state index in [1.54, 1.807) is 4.57 Å². The number of carboxylic acid groups (broad SMARTS) is 1. The van der Waals surface area contributed by atoms with Gasteiger partial charge in [0.25, 0.3) is 5.82 Å². The molecule has 1 heterocycles. The molecule has 0 fully saturated rings. The van der Waals surface area contributed by atoms with Crippen LogP contribution in [0.4, 0.5) is 0 Å². The van der Waals surface area contributed by atoms with Crippen LogP contribution in [0, 0.1) is 6.92 Å². The molecule has 4 nitrogen and oxygen atoms in total. The van der Waals surface area contributed by atoms with Gasteiger partial charge in [0.1, 0.15) is 11.9 Å². The van der Waals surface area contributed by atoms with Crippen LogP contribution in [0.15, 0.2) is 6.20 Å². The van der Waals surface area contributed by atoms with Crippen LogP contribution in [0.1, 0.15) is 25.4 Å². The molecule has 1 N–H and O–H groups in total. The summed E-state index contributed by atoms with van der Waals surface area (Å²) >= 11 is 0. The Bertz CT molecular complexity index is 342. The molecule has 0 saturated carbocycles. The van der Waals surface area contributed by atoms with Gasteiger partial charge in [-0.3, -0.25) is 0 Å². The van der Waals surface area contributed by atoms with Crippen LogP contribution < -0.4 is 4.57 Å². The fourth-order valence-electron chi connectivity index (χ4n) is 1.84. The van der Waals surface area contributed by atoms with Gasteiger partial charge in [-0.15, -0.1) is 0 Å². The summed E-state index contributed by atoms with van der Waals surface area (Å²) in [5, 5.41) is 8.73. The molecule has 0 aliphatic carbocycles. The lowest BCUT2D eigenvalue weighted by Crippen LogP contribution is -2.40. The van der Waals surface area contributed by atoms with Gasteiger partial charge in [-0.1, -0.05) is 6.92 Å². The summed E-state index contributed by atoms with van der Waals surface area (Å²) in [4.78, 5) is 10.6. The van der Waals surface area contributed by atoms with E-state index in [-0.39, 0.29) is 6.54 Å². The number of aliphatic carboxylic acids is 1. The van der Waals surface area contributed by atoms with Crippen molar-refractivity contribution in [3.8, 4) is 0 Å². The Morgan fingerprint density at radius 2 is 2.21 bits per heavy atom. The van der Waals surface area contributed by atoms with Crippen LogP contribution in [-0.2, 0) is 24.3 Å². The van der Waals surface area contributed by atoms with Gasteiger partial charge in [0.2, 0.25) is 0 Å². The molecule has 0 aliphatic heterocycles. The van der Waals surface area contributed by atoms with E-state index in [1.165, 1.54) is 0 Å². The summed E-state index contributed by atoms with van der Waals surface area (Å²) in [6.07, 6.45) is 2.76. The fourth-order valence-corrected chi connectivity index (χ4v) is 1.84. The molecule has 14 heavy (non-hydrogen) atoms. The maximum Gasteiger partial charge on any atom is 0.346 e. The Morgan fingerprint density at radius 1 is 1.57 bits per heavy atom. The number of rotatable bonds is 4. The number of aromatic nitrogens is 2. The zero-order chi connectivity index (χ0) is 10.7. The second-order valence-electron chi connectivity index (χ2n) is 3.31. The molecule has 0 aliphatic rings. The molecule has 1 aromatic heterocycles. The Morgan fingerprint density at radius 3 is 2.64 bits per heavy atom. The average Bonchev–Trinajstić information content (AvgIpc) is 2.39. The van der Waals surface area contributed by atoms with Crippen LogP contribution in [0.5, 0.6) is 0 Å². The van der Waals surface area contributed by atoms with Gasteiger partial charge < -0.3 is 5.11 Å². The number of aryl methyl sites for hydroxylation is 1. The van der Waals surface area contributed by atoms with Crippen LogP contribution in [0.25, 0.3) is 0 Å². The standard InChI is InChI=1S/C10H16N2O2/c1-4-9-11(7-10(13)14)6-8(3)12(9)5-2/h6H,4-5,7H2,1-3H3/p+1. The van der Waals surface area contributed by atoms with E-state index in [1.807, 2.05) is 20.0 Å². The molecule has 0 spiro atoms. The van der Waals surface area contributed by atoms with E-state index in [0.29, 0.717) is 0 Å². The van der Waals surface area contributed by atoms with E-state index in [4.69, 9.17) is 5.11 Å². The highest BCUT2D eigenvalue weighted by Gasteiger charge is 2.19. The minimum absolute atomic E-state index is 0.0526. The topological polar surface area (TPSA) is 46.1 Å². The summed E-state index contributed by atoms with van der Waals surface area (Å²) in [6.45, 7) is 7.05. The Balaban J connectivity index is 3.10. The highest BCUT2D eigenvalue weighted by atomic mass is 16.4. The van der Waals surface area contributed by atoms with Crippen molar-refractivity contribution in [1.29, 1.82) is 0 Å². The van der Waals surface area contributed by atoms with Crippen LogP contribution >= 0.6 is 0 Å². The predicted octanol–water partition coefficient (Wildman–Crippen LogP) is 0.751. The monoisotopic (exact) mass is 197 g/mol. The van der Waals surface area contributed by atoms with Crippen molar-refractivity contribution < 1.29 is 14.5 Å². The first-order valence-electron chi connectivity index (χ1n) is 4.90. The predicted molar refractivity (Wildman–Crippen MR) is 52.1 cm³/mol. The SMILES string of the molecule is CCc1n(CC)c(C)c[n+]1CC(=O)O. The number of nitrogens with zero attached hydrogens (tertiary/aromatic N) is 2. The van der Waals surface area contributed by atoms with Crippen molar-refractivity contribution in [2.45, 2.75) is 40.3 Å². The molecular weight excluding hydrogens is 180 g/mol. The average molecular weight is 197 g/mol. The van der Waals surface area contributed by atoms with Crippen LogP contribution in [-0.4, -0.2) is 15.6 Å². The lowest BCUT2D eigenvalue weighted by Gasteiger charge is -1.99. The van der Waals surface area contributed by atoms with Crippen molar-refractivity contribution in [2.24, 2.45) is 0 Å². The first-order chi connectivity index (χ1) is 6.60. The van der Waals surface area contributed by atoms with Crippen molar-refractivity contribution in [3.63, 3.8) is 0 Å². The molecular formula is C10H17N2O2+. The zero-order valence-electron chi connectivity index (χ0n) is 8.95. The highest BCUT2D eigenvalue weighted by Crippen LogP contribution is 2.03. The maximum atomic E-state index is 10.6. The first kappa shape index (κ1) is 10.8. The summed E-state index contributed by atoms with van der Waals surface area (Å²) < 4.78 is 3.95. The number of hydrogen-bond acceptors (Lipinski definition) is 1. The van der Waals surface area contributed by atoms with Gasteiger partial charge in [0.05, 0.1) is 6.54 Å². The number of imidazole rings is 1. The van der Waals surface area contributed by atoms with E-state index < -0.39 is 5.97 Å². The minimum atomic E-state index is -0.794. The van der Waals surface area contributed by atoms with Crippen LogP contribution in [0.3, 0.4) is 0 Å². The van der Waals surface area contributed by atoms with Crippen LogP contribution in [0.2, 0.25) is 0 Å². The quantitative estimate of drug-likeness (QED) is 0.724. The van der Waals surface area contributed by atoms with Gasteiger partial charge in [-0.25, -0.2) is 13.9 Å². The molecule has 78 valence electrons. The van der Waals surface area contributed by atoms with E-state index in [9.17, 15) is 4.79 Å². The molecule has 0 radical (unpaired) electrons. The number of carboxylic acids is 1. The lowest BCUT2D eigenvalue weighted by molar-refractivity contribution is -0.692. The van der Waals surface area contributed by atoms with Gasteiger partial charge in [-0.2, -0.15) is 0 Å². The maximum absolute atomic E-state index is 10.6. The third-order valence-corrected chi connectivity index (χ3v) is 2.35. The second-order valence-corrected chi connectivity index (χ2v) is 3.31. The molecule has 0 atom stereocenters. The smallest absolute Gasteiger partial charge is 0.346 e. The normalized spacial score (nSPS) is 10.5. The van der Waals surface area contributed by atoms with Gasteiger partial charge >= 0.3 is 5.97 Å². The van der Waals surface area contributed by atoms with Crippen molar-refractivity contribution in [1.82, 2.24) is 4.57 Å². The number of carbonyl (C=O) groups is 1. The second kappa shape index (κ2) is 4.26. The van der Waals surface area contributed by atoms with Crippen molar-refractivity contribution >= 4 is 5.97 Å². The van der Waals surface area contributed by atoms with Gasteiger partial charge in [0.15, 0.2) is 6.54 Å². The molecule has 0 amide bonds. The van der Waals surface area contributed by atoms with E-state index in [0.717, 1.165) is 24.5 Å². The summed E-state index contributed by atoms with van der Waals surface area (Å²) in [6, 6.07) is 0. The third-order valence-electron chi connectivity index (χ3n) is 2.35. The molecule has 4 heteroatoms. The third kappa shape index (κ3) is 1.95. The van der Waals surface area contributed by atoms with Gasteiger partial charge in [-0.05, 0) is 6.92 Å². The molecule has 0 unspecified atom stereocenters. The molecule has 1 rings (SSSR count). The van der Waals surface area contributed by atoms with E-state index in [2.05, 4.69) is 11.5 Å². The largest absolute Gasteiger partial charge is 0.478 e. The fraction of sp³-hybridized carbons (Fsp3) is 0.600. The molecule has 0 saturated heterocycles. The van der Waals surface area contributed by atoms with Crippen molar-refractivity contribution in [3.05, 3.63) is 17.7 Å². The summed E-state index contributed by atoms with van der Waals surface area (Å²) in [5.74, 6) is 0.283. The summed E-state index contributed by atoms with van der Waals surface area (Å²) in [7, 11) is 0. The van der Waals surface area contributed by atoms with E-state index >= 15 is 0 Å². The van der Waals surface area contributed by atoms with Gasteiger partial charge in [0, 0.05) is 13.3 Å². The lowest BCUT2D eigenvalue weighted by atomic mass is 10.4. The highest BCUT2D eigenvalue weighted by molar-refractivity contribution is 5.64. The minimum Gasteiger partial charge on any atom is -0.478 e. The molecule has 0 bridgehead atoms. The summed E-state index contributed by atoms with van der Waals surface area (Å²) in [5.41, 5.74) is 1.12. The first-order valence-corrected chi connectivity index (χ1v) is 4.90. The Kier molecular flexibility index (Phi) is 3.28. The number of hydrogen-bond donors (Lipinski definition) is 1. The Hall–Kier alpha value is -1.32. The van der Waals surface area contributed by atoms with Crippen molar-refractivity contribution in [2.75, 3.05) is 0 Å². The zero-order valence-corrected chi connectivity index (χ0v) is 8.95. The molecule has 1 aromatic rings.